The maximum absolute atomic E-state index is 12.4. The molecule has 1 aromatic carbocycles. The van der Waals surface area contributed by atoms with E-state index in [0.29, 0.717) is 21.8 Å². The van der Waals surface area contributed by atoms with Gasteiger partial charge in [-0.05, 0) is 35.1 Å². The molecule has 2 aromatic heterocycles. The van der Waals surface area contributed by atoms with Crippen LogP contribution in [0.1, 0.15) is 28.5 Å². The molecule has 3 aromatic rings. The molecule has 29 heavy (non-hydrogen) atoms. The minimum Gasteiger partial charge on any atom is -0.358 e. The number of hydrazone groups is 1. The molecule has 0 bridgehead atoms. The van der Waals surface area contributed by atoms with Crippen molar-refractivity contribution in [3.05, 3.63) is 68.5 Å². The fraction of sp³-hybridized carbons (Fsp3) is 0.111. The summed E-state index contributed by atoms with van der Waals surface area (Å²) in [6.45, 7) is 3.03. The van der Waals surface area contributed by atoms with Gasteiger partial charge in [0.1, 0.15) is 6.20 Å². The lowest BCUT2D eigenvalue weighted by atomic mass is 10.2. The van der Waals surface area contributed by atoms with E-state index >= 15 is 0 Å². The number of hydrogen-bond donors (Lipinski definition) is 2. The fourth-order valence-electron chi connectivity index (χ4n) is 2.59. The Morgan fingerprint density at radius 2 is 2.00 bits per heavy atom. The molecule has 0 saturated heterocycles. The molecule has 2 N–H and O–H groups in total. The summed E-state index contributed by atoms with van der Waals surface area (Å²) >= 11 is 5.80. The maximum Gasteiger partial charge on any atom is 0.361 e. The minimum absolute atomic E-state index is 0.190. The lowest BCUT2D eigenvalue weighted by molar-refractivity contribution is -0.390. The van der Waals surface area contributed by atoms with Crippen molar-refractivity contribution < 1.29 is 14.5 Å². The second kappa shape index (κ2) is 8.07. The molecule has 0 atom stereocenters. The van der Waals surface area contributed by atoms with Crippen molar-refractivity contribution in [1.82, 2.24) is 14.8 Å². The molecule has 0 aliphatic rings. The lowest BCUT2D eigenvalue weighted by Crippen LogP contribution is -2.19. The van der Waals surface area contributed by atoms with Gasteiger partial charge in [-0.15, -0.1) is 0 Å². The number of hydrogen-bond acceptors (Lipinski definition) is 6. The number of nitrogens with one attached hydrogen (secondary N) is 2. The van der Waals surface area contributed by atoms with Crippen LogP contribution >= 0.6 is 11.6 Å². The average molecular weight is 415 g/mol. The predicted octanol–water partition coefficient (Wildman–Crippen LogP) is 2.93. The van der Waals surface area contributed by atoms with Gasteiger partial charge in [0.2, 0.25) is 17.2 Å². The van der Waals surface area contributed by atoms with Crippen molar-refractivity contribution in [2.75, 3.05) is 5.32 Å². The summed E-state index contributed by atoms with van der Waals surface area (Å²) < 4.78 is 1.14. The van der Waals surface area contributed by atoms with Gasteiger partial charge < -0.3 is 15.4 Å². The van der Waals surface area contributed by atoms with Gasteiger partial charge in [-0.25, -0.2) is 5.43 Å². The van der Waals surface area contributed by atoms with Gasteiger partial charge in [0.05, 0.1) is 11.9 Å². The molecule has 0 saturated carbocycles. The molecule has 148 valence electrons. The Morgan fingerprint density at radius 1 is 1.31 bits per heavy atom. The zero-order valence-electron chi connectivity index (χ0n) is 15.3. The first-order valence-corrected chi connectivity index (χ1v) is 8.67. The van der Waals surface area contributed by atoms with Gasteiger partial charge in [-0.1, -0.05) is 23.7 Å². The number of carbonyl (C=O) groups excluding carboxylic acids is 2. The number of anilines is 1. The zero-order valence-corrected chi connectivity index (χ0v) is 16.1. The van der Waals surface area contributed by atoms with Gasteiger partial charge in [0.15, 0.2) is 0 Å². The molecule has 0 radical (unpaired) electrons. The lowest BCUT2D eigenvalue weighted by Gasteiger charge is -2.04. The van der Waals surface area contributed by atoms with Crippen LogP contribution in [0, 0.1) is 17.0 Å². The highest BCUT2D eigenvalue weighted by molar-refractivity contribution is 6.30. The van der Waals surface area contributed by atoms with E-state index in [0.717, 1.165) is 4.40 Å². The number of rotatable bonds is 5. The summed E-state index contributed by atoms with van der Waals surface area (Å²) in [5.74, 6) is -1.71. The third-order valence-corrected chi connectivity index (χ3v) is 4.14. The van der Waals surface area contributed by atoms with Crippen LogP contribution in [-0.4, -0.2) is 32.3 Å². The van der Waals surface area contributed by atoms with Gasteiger partial charge in [-0.3, -0.25) is 9.59 Å². The van der Waals surface area contributed by atoms with Gasteiger partial charge in [0.25, 0.3) is 5.91 Å². The highest BCUT2D eigenvalue weighted by Crippen LogP contribution is 2.25. The molecule has 10 nitrogen and oxygen atoms in total. The van der Waals surface area contributed by atoms with Crippen molar-refractivity contribution in [1.29, 1.82) is 0 Å². The Bertz CT molecular complexity index is 1150. The first kappa shape index (κ1) is 20.0. The normalized spacial score (nSPS) is 11.0. The van der Waals surface area contributed by atoms with Crippen molar-refractivity contribution in [2.24, 2.45) is 5.10 Å². The number of nitro groups is 1. The SMILES string of the molecule is CC(=O)Nc1cn2c([N+](=O)[O-])c(C(=O)N/N=C\c3ccc(Cl)cc3)nc2cc1C. The summed E-state index contributed by atoms with van der Waals surface area (Å²) in [5, 5.41) is 18.5. The molecule has 0 aliphatic carbocycles. The van der Waals surface area contributed by atoms with Crippen LogP contribution in [0.3, 0.4) is 0 Å². The number of pyridine rings is 1. The highest BCUT2D eigenvalue weighted by Gasteiger charge is 2.28. The quantitative estimate of drug-likeness (QED) is 0.376. The number of amides is 2. The van der Waals surface area contributed by atoms with E-state index in [1.54, 1.807) is 31.2 Å². The first-order chi connectivity index (χ1) is 13.8. The molecular weight excluding hydrogens is 400 g/mol. The Hall–Kier alpha value is -3.79. The first-order valence-electron chi connectivity index (χ1n) is 8.30. The number of carbonyl (C=O) groups is 2. The van der Waals surface area contributed by atoms with Crippen molar-refractivity contribution >= 4 is 46.8 Å². The molecule has 0 fully saturated rings. The summed E-state index contributed by atoms with van der Waals surface area (Å²) in [7, 11) is 0. The third-order valence-electron chi connectivity index (χ3n) is 3.89. The predicted molar refractivity (Wildman–Crippen MR) is 107 cm³/mol. The van der Waals surface area contributed by atoms with Crippen molar-refractivity contribution in [3.8, 4) is 0 Å². The van der Waals surface area contributed by atoms with E-state index in [-0.39, 0.29) is 11.6 Å². The zero-order chi connectivity index (χ0) is 21.1. The van der Waals surface area contributed by atoms with Crippen LogP contribution in [0.25, 0.3) is 5.65 Å². The number of aromatic nitrogens is 2. The fourth-order valence-corrected chi connectivity index (χ4v) is 2.71. The number of imidazole rings is 1. The molecule has 2 amide bonds. The molecular formula is C18H15ClN6O4. The molecule has 2 heterocycles. The minimum atomic E-state index is -0.843. The van der Waals surface area contributed by atoms with Crippen LogP contribution in [0.5, 0.6) is 0 Å². The van der Waals surface area contributed by atoms with E-state index in [1.165, 1.54) is 25.4 Å². The Labute approximate surface area is 169 Å². The number of aryl methyl sites for hydroxylation is 1. The Morgan fingerprint density at radius 3 is 2.62 bits per heavy atom. The smallest absolute Gasteiger partial charge is 0.358 e. The van der Waals surface area contributed by atoms with E-state index < -0.39 is 22.3 Å². The summed E-state index contributed by atoms with van der Waals surface area (Å²) in [4.78, 5) is 38.7. The third kappa shape index (κ3) is 4.38. The van der Waals surface area contributed by atoms with Gasteiger partial charge >= 0.3 is 5.82 Å². The van der Waals surface area contributed by atoms with Crippen LogP contribution in [0.2, 0.25) is 5.02 Å². The van der Waals surface area contributed by atoms with Crippen LogP contribution in [-0.2, 0) is 4.79 Å². The van der Waals surface area contributed by atoms with Crippen LogP contribution in [0.15, 0.2) is 41.6 Å². The monoisotopic (exact) mass is 414 g/mol. The van der Waals surface area contributed by atoms with Gasteiger partial charge in [-0.2, -0.15) is 14.5 Å². The average Bonchev–Trinajstić information content (AvgIpc) is 3.01. The van der Waals surface area contributed by atoms with E-state index in [1.807, 2.05) is 0 Å². The molecule has 0 spiro atoms. The number of fused-ring (bicyclic) bond motifs is 1. The summed E-state index contributed by atoms with van der Waals surface area (Å²) in [6.07, 6.45) is 2.72. The molecule has 0 aliphatic heterocycles. The Kier molecular flexibility index (Phi) is 5.55. The highest BCUT2D eigenvalue weighted by atomic mass is 35.5. The second-order valence-electron chi connectivity index (χ2n) is 6.07. The van der Waals surface area contributed by atoms with Crippen LogP contribution in [0.4, 0.5) is 11.5 Å². The molecule has 11 heteroatoms. The standard InChI is InChI=1S/C18H15ClN6O4/c1-10-7-15-22-16(17(27)23-20-8-12-3-5-13(19)6-4-12)18(25(28)29)24(15)9-14(10)21-11(2)26/h3-9H,1-2H3,(H,21,26)(H,23,27)/b20-8-. The van der Waals surface area contributed by atoms with Crippen molar-refractivity contribution in [2.45, 2.75) is 13.8 Å². The van der Waals surface area contributed by atoms with E-state index in [4.69, 9.17) is 11.6 Å². The number of halogens is 1. The number of nitrogens with zero attached hydrogens (tertiary/aromatic N) is 4. The van der Waals surface area contributed by atoms with Gasteiger partial charge in [0, 0.05) is 18.0 Å². The molecule has 3 rings (SSSR count). The number of benzene rings is 1. The topological polar surface area (TPSA) is 131 Å². The van der Waals surface area contributed by atoms with Crippen molar-refractivity contribution in [3.63, 3.8) is 0 Å². The Balaban J connectivity index is 1.94. The largest absolute Gasteiger partial charge is 0.361 e. The maximum atomic E-state index is 12.4. The van der Waals surface area contributed by atoms with E-state index in [9.17, 15) is 19.7 Å². The summed E-state index contributed by atoms with van der Waals surface area (Å²) in [5.41, 5.74) is 3.71. The van der Waals surface area contributed by atoms with E-state index in [2.05, 4.69) is 20.8 Å². The summed E-state index contributed by atoms with van der Waals surface area (Å²) in [6, 6.07) is 8.24. The van der Waals surface area contributed by atoms with Crippen LogP contribution < -0.4 is 10.7 Å². The molecule has 0 unspecified atom stereocenters. The second-order valence-corrected chi connectivity index (χ2v) is 6.51.